The summed E-state index contributed by atoms with van der Waals surface area (Å²) in [6.45, 7) is 10.5. The summed E-state index contributed by atoms with van der Waals surface area (Å²) in [5.41, 5.74) is 1.91. The second-order valence-electron chi connectivity index (χ2n) is 10.7. The maximum absolute atomic E-state index is 14.0. The number of rotatable bonds is 12. The number of hydrogen-bond donors (Lipinski definition) is 3. The Balaban J connectivity index is 2.53. The fourth-order valence-electron chi connectivity index (χ4n) is 4.24. The molecular formula is C30H42ClN3O5. The van der Waals surface area contributed by atoms with Crippen molar-refractivity contribution in [2.45, 2.75) is 84.9 Å². The van der Waals surface area contributed by atoms with Crippen LogP contribution in [0.2, 0.25) is 5.02 Å². The van der Waals surface area contributed by atoms with E-state index < -0.39 is 42.2 Å². The number of amides is 3. The number of carbonyl (C=O) groups is 3. The predicted octanol–water partition coefficient (Wildman–Crippen LogP) is 5.93. The van der Waals surface area contributed by atoms with Crippen LogP contribution in [0.4, 0.5) is 10.5 Å². The van der Waals surface area contributed by atoms with E-state index in [4.69, 9.17) is 16.3 Å². The molecule has 0 aliphatic carbocycles. The van der Waals surface area contributed by atoms with Crippen molar-refractivity contribution < 1.29 is 24.2 Å². The van der Waals surface area contributed by atoms with Gasteiger partial charge in [-0.05, 0) is 63.8 Å². The highest BCUT2D eigenvalue weighted by Crippen LogP contribution is 2.31. The Morgan fingerprint density at radius 1 is 1.00 bits per heavy atom. The Hall–Kier alpha value is -3.10. The average molecular weight is 560 g/mol. The summed E-state index contributed by atoms with van der Waals surface area (Å²) < 4.78 is 5.30. The lowest BCUT2D eigenvalue weighted by atomic mass is 9.97. The molecule has 0 spiro atoms. The summed E-state index contributed by atoms with van der Waals surface area (Å²) in [4.78, 5) is 41.9. The Kier molecular flexibility index (Phi) is 12.3. The van der Waals surface area contributed by atoms with Gasteiger partial charge in [-0.25, -0.2) is 4.79 Å². The third-order valence-electron chi connectivity index (χ3n) is 6.22. The molecule has 2 unspecified atom stereocenters. The molecule has 0 aliphatic rings. The number of ether oxygens (including phenoxy) is 1. The van der Waals surface area contributed by atoms with Crippen molar-refractivity contribution in [2.75, 3.05) is 18.5 Å². The number of aryl methyl sites for hydroxylation is 2. The molecule has 2 aromatic rings. The van der Waals surface area contributed by atoms with E-state index in [2.05, 4.69) is 17.6 Å². The van der Waals surface area contributed by atoms with E-state index in [1.54, 1.807) is 39.0 Å². The van der Waals surface area contributed by atoms with Crippen LogP contribution in [0.15, 0.2) is 42.5 Å². The van der Waals surface area contributed by atoms with Crippen LogP contribution in [0.1, 0.15) is 76.1 Å². The molecule has 0 bridgehead atoms. The van der Waals surface area contributed by atoms with Crippen LogP contribution in [-0.4, -0.2) is 52.7 Å². The molecule has 2 aromatic carbocycles. The number of aliphatic hydroxyl groups excluding tert-OH is 1. The van der Waals surface area contributed by atoms with Crippen molar-refractivity contribution in [2.24, 2.45) is 0 Å². The Morgan fingerprint density at radius 3 is 2.26 bits per heavy atom. The number of hydrogen-bond acceptors (Lipinski definition) is 5. The number of carbonyl (C=O) groups excluding carboxylic acids is 3. The zero-order chi connectivity index (χ0) is 29.2. The van der Waals surface area contributed by atoms with Crippen LogP contribution in [0.25, 0.3) is 0 Å². The van der Waals surface area contributed by atoms with Gasteiger partial charge in [-0.15, -0.1) is 0 Å². The molecule has 9 heteroatoms. The minimum Gasteiger partial charge on any atom is -0.444 e. The first kappa shape index (κ1) is 32.1. The average Bonchev–Trinajstić information content (AvgIpc) is 2.86. The zero-order valence-electron chi connectivity index (χ0n) is 23.8. The minimum atomic E-state index is -1.30. The number of benzene rings is 2. The van der Waals surface area contributed by atoms with E-state index in [1.165, 1.54) is 4.90 Å². The topological polar surface area (TPSA) is 108 Å². The van der Waals surface area contributed by atoms with Gasteiger partial charge in [-0.1, -0.05) is 74.2 Å². The Labute approximate surface area is 237 Å². The zero-order valence-corrected chi connectivity index (χ0v) is 24.6. The van der Waals surface area contributed by atoms with Gasteiger partial charge < -0.3 is 25.4 Å². The van der Waals surface area contributed by atoms with Crippen LogP contribution >= 0.6 is 11.6 Å². The van der Waals surface area contributed by atoms with Gasteiger partial charge in [0.05, 0.1) is 17.3 Å². The van der Waals surface area contributed by atoms with Crippen molar-refractivity contribution in [3.8, 4) is 0 Å². The van der Waals surface area contributed by atoms with Gasteiger partial charge in [0, 0.05) is 6.54 Å². The lowest BCUT2D eigenvalue weighted by Crippen LogP contribution is -2.54. The number of alkyl carbamates (subject to hydrolysis) is 1. The van der Waals surface area contributed by atoms with Gasteiger partial charge in [0.1, 0.15) is 17.7 Å². The molecule has 214 valence electrons. The number of nitrogens with one attached hydrogen (secondary N) is 2. The second kappa shape index (κ2) is 14.9. The minimum absolute atomic E-state index is 0.249. The van der Waals surface area contributed by atoms with Gasteiger partial charge in [0.15, 0.2) is 0 Å². The Bertz CT molecular complexity index is 1110. The monoisotopic (exact) mass is 559 g/mol. The van der Waals surface area contributed by atoms with Gasteiger partial charge in [-0.2, -0.15) is 0 Å². The van der Waals surface area contributed by atoms with Crippen molar-refractivity contribution in [3.63, 3.8) is 0 Å². The maximum Gasteiger partial charge on any atom is 0.408 e. The SMILES string of the molecule is CCCCCCN(C(=O)C(CO)NC(=O)OC(C)(C)C)C(C(=O)Nc1c(C)cccc1Cl)c1ccccc1C. The molecule has 3 N–H and O–H groups in total. The molecule has 39 heavy (non-hydrogen) atoms. The third kappa shape index (κ3) is 9.55. The molecule has 0 fully saturated rings. The normalized spacial score (nSPS) is 12.8. The summed E-state index contributed by atoms with van der Waals surface area (Å²) in [5.74, 6) is -1.03. The summed E-state index contributed by atoms with van der Waals surface area (Å²) in [5, 5.41) is 15.9. The lowest BCUT2D eigenvalue weighted by Gasteiger charge is -2.35. The molecule has 0 saturated heterocycles. The van der Waals surface area contributed by atoms with Crippen molar-refractivity contribution in [3.05, 3.63) is 64.2 Å². The van der Waals surface area contributed by atoms with E-state index in [9.17, 15) is 19.5 Å². The van der Waals surface area contributed by atoms with E-state index in [0.29, 0.717) is 22.7 Å². The molecule has 0 radical (unpaired) electrons. The van der Waals surface area contributed by atoms with Gasteiger partial charge in [0.25, 0.3) is 5.91 Å². The molecule has 0 aromatic heterocycles. The quantitative estimate of drug-likeness (QED) is 0.279. The van der Waals surface area contributed by atoms with Gasteiger partial charge in [0.2, 0.25) is 5.91 Å². The standard InChI is InChI=1S/C30H42ClN3O5/c1-7-8-9-12-18-34(28(37)24(19-35)32-29(38)39-30(4,5)6)26(22-16-11-10-14-20(22)2)27(36)33-25-21(3)15-13-17-23(25)31/h10-11,13-17,24,26,35H,7-9,12,18-19H2,1-6H3,(H,32,38)(H,33,36). The van der Waals surface area contributed by atoms with E-state index >= 15 is 0 Å². The van der Waals surface area contributed by atoms with Gasteiger partial charge in [-0.3, -0.25) is 9.59 Å². The highest BCUT2D eigenvalue weighted by atomic mass is 35.5. The molecular weight excluding hydrogens is 518 g/mol. The molecule has 2 rings (SSSR count). The smallest absolute Gasteiger partial charge is 0.408 e. The van der Waals surface area contributed by atoms with Crippen molar-refractivity contribution in [1.82, 2.24) is 10.2 Å². The van der Waals surface area contributed by atoms with E-state index in [1.807, 2.05) is 38.1 Å². The first-order valence-corrected chi connectivity index (χ1v) is 13.8. The van der Waals surface area contributed by atoms with E-state index in [-0.39, 0.29) is 6.54 Å². The van der Waals surface area contributed by atoms with Gasteiger partial charge >= 0.3 is 6.09 Å². The highest BCUT2D eigenvalue weighted by molar-refractivity contribution is 6.34. The first-order valence-electron chi connectivity index (χ1n) is 13.4. The fraction of sp³-hybridized carbons (Fsp3) is 0.500. The number of aliphatic hydroxyl groups is 1. The lowest BCUT2D eigenvalue weighted by molar-refractivity contribution is -0.141. The second-order valence-corrected chi connectivity index (χ2v) is 11.1. The van der Waals surface area contributed by atoms with Crippen LogP contribution in [0, 0.1) is 13.8 Å². The number of unbranched alkanes of at least 4 members (excludes halogenated alkanes) is 3. The summed E-state index contributed by atoms with van der Waals surface area (Å²) in [6.07, 6.45) is 2.65. The summed E-state index contributed by atoms with van der Waals surface area (Å²) in [7, 11) is 0. The highest BCUT2D eigenvalue weighted by Gasteiger charge is 2.36. The maximum atomic E-state index is 14.0. The van der Waals surface area contributed by atoms with Crippen LogP contribution < -0.4 is 10.6 Å². The molecule has 0 saturated carbocycles. The van der Waals surface area contributed by atoms with Crippen LogP contribution in [0.3, 0.4) is 0 Å². The van der Waals surface area contributed by atoms with E-state index in [0.717, 1.165) is 30.4 Å². The Morgan fingerprint density at radius 2 is 1.67 bits per heavy atom. The largest absolute Gasteiger partial charge is 0.444 e. The molecule has 0 heterocycles. The van der Waals surface area contributed by atoms with Crippen molar-refractivity contribution >= 4 is 35.2 Å². The number of para-hydroxylation sites is 1. The predicted molar refractivity (Wildman–Crippen MR) is 155 cm³/mol. The molecule has 8 nitrogen and oxygen atoms in total. The van der Waals surface area contributed by atoms with Crippen LogP contribution in [-0.2, 0) is 14.3 Å². The fourth-order valence-corrected chi connectivity index (χ4v) is 4.51. The molecule has 3 amide bonds. The first-order chi connectivity index (χ1) is 18.4. The third-order valence-corrected chi connectivity index (χ3v) is 6.54. The number of nitrogens with zero attached hydrogens (tertiary/aromatic N) is 1. The molecule has 0 aliphatic heterocycles. The summed E-state index contributed by atoms with van der Waals surface area (Å²) in [6, 6.07) is 10.3. The summed E-state index contributed by atoms with van der Waals surface area (Å²) >= 11 is 6.41. The number of halogens is 1. The van der Waals surface area contributed by atoms with Crippen molar-refractivity contribution in [1.29, 1.82) is 0 Å². The number of anilines is 1. The van der Waals surface area contributed by atoms with Crippen LogP contribution in [0.5, 0.6) is 0 Å². The molecule has 2 atom stereocenters.